The lowest BCUT2D eigenvalue weighted by atomic mass is 10.1. The molecule has 4 rings (SSSR count). The second-order valence-electron chi connectivity index (χ2n) is 8.01. The summed E-state index contributed by atoms with van der Waals surface area (Å²) in [6, 6.07) is 7.57. The van der Waals surface area contributed by atoms with Crippen LogP contribution in [0.4, 0.5) is 5.69 Å². The van der Waals surface area contributed by atoms with Gasteiger partial charge in [-0.1, -0.05) is 12.8 Å². The van der Waals surface area contributed by atoms with Crippen LogP contribution in [0.2, 0.25) is 0 Å². The average Bonchev–Trinajstić information content (AvgIpc) is 3.31. The Labute approximate surface area is 182 Å². The monoisotopic (exact) mass is 445 g/mol. The summed E-state index contributed by atoms with van der Waals surface area (Å²) in [5.41, 5.74) is 1.27. The van der Waals surface area contributed by atoms with Crippen LogP contribution in [0.1, 0.15) is 43.9 Å². The van der Waals surface area contributed by atoms with Crippen LogP contribution in [0.25, 0.3) is 0 Å². The fraction of sp³-hybridized carbons (Fsp3) is 0.455. The van der Waals surface area contributed by atoms with Gasteiger partial charge in [-0.15, -0.1) is 0 Å². The molecule has 1 saturated heterocycles. The molecule has 2 aliphatic heterocycles. The van der Waals surface area contributed by atoms with Crippen LogP contribution in [0.5, 0.6) is 0 Å². The van der Waals surface area contributed by atoms with Crippen molar-refractivity contribution in [2.75, 3.05) is 18.0 Å². The molecular weight excluding hydrogens is 418 g/mol. The quantitative estimate of drug-likeness (QED) is 0.762. The molecule has 8 nitrogen and oxygen atoms in total. The summed E-state index contributed by atoms with van der Waals surface area (Å²) >= 11 is 0. The zero-order valence-electron chi connectivity index (χ0n) is 17.5. The topological polar surface area (TPSA) is 99.9 Å². The molecular formula is C22H27N3O5S. The van der Waals surface area contributed by atoms with Gasteiger partial charge in [-0.25, -0.2) is 8.42 Å². The lowest BCUT2D eigenvalue weighted by Crippen LogP contribution is -2.47. The Morgan fingerprint density at radius 2 is 1.87 bits per heavy atom. The van der Waals surface area contributed by atoms with Crippen LogP contribution in [0.15, 0.2) is 45.9 Å². The summed E-state index contributed by atoms with van der Waals surface area (Å²) in [5, 5.41) is 2.80. The predicted molar refractivity (Wildman–Crippen MR) is 115 cm³/mol. The van der Waals surface area contributed by atoms with E-state index in [9.17, 15) is 18.0 Å². The number of nitrogens with one attached hydrogen (secondary N) is 1. The van der Waals surface area contributed by atoms with Gasteiger partial charge >= 0.3 is 0 Å². The molecule has 2 amide bonds. The number of hydrogen-bond donors (Lipinski definition) is 1. The Bertz CT molecular complexity index is 1060. The van der Waals surface area contributed by atoms with Crippen LogP contribution in [0, 0.1) is 0 Å². The Balaban J connectivity index is 1.56. The minimum atomic E-state index is -3.61. The molecule has 9 heteroatoms. The van der Waals surface area contributed by atoms with E-state index in [4.69, 9.17) is 4.42 Å². The fourth-order valence-electron chi connectivity index (χ4n) is 4.32. The highest BCUT2D eigenvalue weighted by atomic mass is 32.2. The molecule has 2 aromatic rings. The second-order valence-corrected chi connectivity index (χ2v) is 9.95. The van der Waals surface area contributed by atoms with Crippen molar-refractivity contribution in [1.29, 1.82) is 0 Å². The smallest absolute Gasteiger partial charge is 0.243 e. The first-order valence-electron chi connectivity index (χ1n) is 10.6. The SMILES string of the molecule is CC(=O)N1c2ccc(S(=O)(=O)N3CCCCCC3)cc2C[C@H]1C(=O)NCc1ccco1. The van der Waals surface area contributed by atoms with Crippen molar-refractivity contribution in [2.45, 2.75) is 56.5 Å². The third-order valence-electron chi connectivity index (χ3n) is 5.90. The predicted octanol–water partition coefficient (Wildman–Crippen LogP) is 2.44. The third-order valence-corrected chi connectivity index (χ3v) is 7.79. The van der Waals surface area contributed by atoms with Crippen LogP contribution >= 0.6 is 0 Å². The van der Waals surface area contributed by atoms with Crippen molar-refractivity contribution in [3.05, 3.63) is 47.9 Å². The van der Waals surface area contributed by atoms with Gasteiger partial charge in [0.1, 0.15) is 11.8 Å². The van der Waals surface area contributed by atoms with Crippen molar-refractivity contribution in [3.8, 4) is 0 Å². The van der Waals surface area contributed by atoms with E-state index < -0.39 is 16.1 Å². The van der Waals surface area contributed by atoms with E-state index in [1.54, 1.807) is 28.6 Å². The molecule has 1 aromatic heterocycles. The second kappa shape index (κ2) is 8.84. The summed E-state index contributed by atoms with van der Waals surface area (Å²) in [6.07, 6.45) is 5.60. The Kier molecular flexibility index (Phi) is 6.15. The average molecular weight is 446 g/mol. The first kappa shape index (κ1) is 21.6. The number of carbonyl (C=O) groups is 2. The molecule has 0 saturated carbocycles. The van der Waals surface area contributed by atoms with Gasteiger partial charge in [0.15, 0.2) is 0 Å². The summed E-state index contributed by atoms with van der Waals surface area (Å²) in [7, 11) is -3.61. The summed E-state index contributed by atoms with van der Waals surface area (Å²) in [4.78, 5) is 26.8. The van der Waals surface area contributed by atoms with Crippen molar-refractivity contribution >= 4 is 27.5 Å². The standard InChI is InChI=1S/C22H27N3O5S/c1-16(26)25-20-9-8-19(31(28,29)24-10-4-2-3-5-11-24)13-17(20)14-21(25)22(27)23-15-18-7-6-12-30-18/h6-9,12-13,21H,2-5,10-11,14-15H2,1H3,(H,23,27)/t21-/m0/s1. The van der Waals surface area contributed by atoms with Crippen LogP contribution in [-0.2, 0) is 32.6 Å². The van der Waals surface area contributed by atoms with E-state index >= 15 is 0 Å². The minimum absolute atomic E-state index is 0.216. The Hall–Kier alpha value is -2.65. The fourth-order valence-corrected chi connectivity index (χ4v) is 5.89. The number of carbonyl (C=O) groups excluding carboxylic acids is 2. The van der Waals surface area contributed by atoms with Gasteiger partial charge in [0.25, 0.3) is 0 Å². The maximum atomic E-state index is 13.2. The van der Waals surface area contributed by atoms with E-state index in [2.05, 4.69) is 5.32 Å². The van der Waals surface area contributed by atoms with Crippen LogP contribution < -0.4 is 10.2 Å². The lowest BCUT2D eigenvalue weighted by Gasteiger charge is -2.23. The molecule has 2 aliphatic rings. The lowest BCUT2D eigenvalue weighted by molar-refractivity contribution is -0.125. The first-order chi connectivity index (χ1) is 14.9. The molecule has 1 N–H and O–H groups in total. The Morgan fingerprint density at radius 3 is 2.52 bits per heavy atom. The van der Waals surface area contributed by atoms with Gasteiger partial charge in [0.2, 0.25) is 21.8 Å². The number of fused-ring (bicyclic) bond motifs is 1. The first-order valence-corrected chi connectivity index (χ1v) is 12.0. The molecule has 1 fully saturated rings. The van der Waals surface area contributed by atoms with Crippen molar-refractivity contribution < 1.29 is 22.4 Å². The number of furan rings is 1. The molecule has 31 heavy (non-hydrogen) atoms. The number of nitrogens with zero attached hydrogens (tertiary/aromatic N) is 2. The molecule has 166 valence electrons. The molecule has 0 bridgehead atoms. The molecule has 0 spiro atoms. The van der Waals surface area contributed by atoms with Gasteiger partial charge in [-0.3, -0.25) is 14.5 Å². The molecule has 1 aromatic carbocycles. The molecule has 0 unspecified atom stereocenters. The van der Waals surface area contributed by atoms with Crippen molar-refractivity contribution in [1.82, 2.24) is 9.62 Å². The number of amides is 2. The van der Waals surface area contributed by atoms with Crippen LogP contribution in [-0.4, -0.2) is 43.7 Å². The zero-order chi connectivity index (χ0) is 22.0. The summed E-state index contributed by atoms with van der Waals surface area (Å²) < 4.78 is 33.1. The highest BCUT2D eigenvalue weighted by Crippen LogP contribution is 2.35. The number of benzene rings is 1. The molecule has 3 heterocycles. The van der Waals surface area contributed by atoms with E-state index in [0.717, 1.165) is 25.7 Å². The number of hydrogen-bond acceptors (Lipinski definition) is 5. The number of sulfonamides is 1. The summed E-state index contributed by atoms with van der Waals surface area (Å²) in [6.45, 7) is 2.68. The largest absolute Gasteiger partial charge is 0.467 e. The maximum Gasteiger partial charge on any atom is 0.243 e. The van der Waals surface area contributed by atoms with Gasteiger partial charge in [0.05, 0.1) is 17.7 Å². The number of rotatable bonds is 5. The number of anilines is 1. The molecule has 0 radical (unpaired) electrons. The summed E-state index contributed by atoms with van der Waals surface area (Å²) in [5.74, 6) is 0.0452. The highest BCUT2D eigenvalue weighted by Gasteiger charge is 2.38. The van der Waals surface area contributed by atoms with E-state index in [0.29, 0.717) is 30.1 Å². The van der Waals surface area contributed by atoms with Crippen molar-refractivity contribution in [2.24, 2.45) is 0 Å². The zero-order valence-corrected chi connectivity index (χ0v) is 18.4. The van der Waals surface area contributed by atoms with Crippen molar-refractivity contribution in [3.63, 3.8) is 0 Å². The minimum Gasteiger partial charge on any atom is -0.467 e. The maximum absolute atomic E-state index is 13.2. The Morgan fingerprint density at radius 1 is 1.13 bits per heavy atom. The van der Waals surface area contributed by atoms with E-state index in [1.807, 2.05) is 0 Å². The van der Waals surface area contributed by atoms with Gasteiger partial charge in [-0.2, -0.15) is 4.31 Å². The molecule has 1 atom stereocenters. The highest BCUT2D eigenvalue weighted by molar-refractivity contribution is 7.89. The van der Waals surface area contributed by atoms with Gasteiger partial charge in [-0.05, 0) is 48.7 Å². The van der Waals surface area contributed by atoms with E-state index in [-0.39, 0.29) is 29.7 Å². The van der Waals surface area contributed by atoms with E-state index in [1.165, 1.54) is 24.2 Å². The van der Waals surface area contributed by atoms with Crippen LogP contribution in [0.3, 0.4) is 0 Å². The van der Waals surface area contributed by atoms with Gasteiger partial charge in [0, 0.05) is 32.1 Å². The normalized spacial score (nSPS) is 19.6. The third kappa shape index (κ3) is 4.38. The van der Waals surface area contributed by atoms with Gasteiger partial charge < -0.3 is 9.73 Å². The molecule has 0 aliphatic carbocycles.